The number of β-amino-alcohol motifs (C(OH)–C–C–N with tert-alkyl or cyclic N) is 1. The molecule has 2 atom stereocenters. The molecule has 0 aromatic rings. The maximum Gasteiger partial charge on any atom is 0.282 e. The van der Waals surface area contributed by atoms with Gasteiger partial charge >= 0.3 is 0 Å². The van der Waals surface area contributed by atoms with E-state index in [2.05, 4.69) is 0 Å². The molecule has 0 amide bonds. The van der Waals surface area contributed by atoms with Gasteiger partial charge < -0.3 is 9.84 Å². The molecule has 2 aliphatic heterocycles. The fraction of sp³-hybridized carbons (Fsp3) is 1.00. The lowest BCUT2D eigenvalue weighted by molar-refractivity contribution is -0.0601. The van der Waals surface area contributed by atoms with Crippen molar-refractivity contribution < 1.29 is 18.3 Å². The molecular weight excluding hydrogens is 244 g/mol. The maximum atomic E-state index is 12.2. The molecule has 0 aliphatic carbocycles. The Labute approximate surface area is 102 Å². The standard InChI is InChI=1S/C10H20N2O4S/c1-8-4-11(5-9(2)16-8)17(14,15)12-6-10(3,13)7-12/h8-9,13H,4-7H2,1-3H3. The van der Waals surface area contributed by atoms with Crippen molar-refractivity contribution in [1.82, 2.24) is 8.61 Å². The van der Waals surface area contributed by atoms with E-state index in [1.807, 2.05) is 13.8 Å². The molecule has 2 fully saturated rings. The molecule has 17 heavy (non-hydrogen) atoms. The Hall–Kier alpha value is -0.210. The molecule has 0 aromatic heterocycles. The molecular formula is C10H20N2O4S. The van der Waals surface area contributed by atoms with Crippen LogP contribution < -0.4 is 0 Å². The highest BCUT2D eigenvalue weighted by molar-refractivity contribution is 7.86. The third-order valence-electron chi connectivity index (χ3n) is 3.07. The molecule has 0 bridgehead atoms. The highest BCUT2D eigenvalue weighted by atomic mass is 32.2. The lowest BCUT2D eigenvalue weighted by atomic mass is 10.0. The summed E-state index contributed by atoms with van der Waals surface area (Å²) in [5.41, 5.74) is -0.878. The van der Waals surface area contributed by atoms with Gasteiger partial charge in [0, 0.05) is 26.2 Å². The van der Waals surface area contributed by atoms with Crippen LogP contribution in [-0.4, -0.2) is 66.1 Å². The van der Waals surface area contributed by atoms with E-state index in [4.69, 9.17) is 4.74 Å². The number of ether oxygens (including phenoxy) is 1. The van der Waals surface area contributed by atoms with Crippen molar-refractivity contribution in [2.24, 2.45) is 0 Å². The van der Waals surface area contributed by atoms with Crippen molar-refractivity contribution in [3.8, 4) is 0 Å². The molecule has 1 N–H and O–H groups in total. The fourth-order valence-electron chi connectivity index (χ4n) is 2.36. The Morgan fingerprint density at radius 3 is 2.06 bits per heavy atom. The summed E-state index contributed by atoms with van der Waals surface area (Å²) in [6, 6.07) is 0. The fourth-order valence-corrected chi connectivity index (χ4v) is 4.36. The molecule has 2 saturated heterocycles. The monoisotopic (exact) mass is 264 g/mol. The summed E-state index contributed by atoms with van der Waals surface area (Å²) >= 11 is 0. The highest BCUT2D eigenvalue weighted by Crippen LogP contribution is 2.26. The molecule has 2 unspecified atom stereocenters. The average Bonchev–Trinajstić information content (AvgIpc) is 2.12. The third-order valence-corrected chi connectivity index (χ3v) is 4.93. The van der Waals surface area contributed by atoms with Gasteiger partial charge in [-0.25, -0.2) is 0 Å². The number of hydrogen-bond acceptors (Lipinski definition) is 4. The van der Waals surface area contributed by atoms with E-state index >= 15 is 0 Å². The topological polar surface area (TPSA) is 70.1 Å². The highest BCUT2D eigenvalue weighted by Gasteiger charge is 2.46. The van der Waals surface area contributed by atoms with Crippen molar-refractivity contribution in [3.05, 3.63) is 0 Å². The number of aliphatic hydroxyl groups is 1. The molecule has 0 saturated carbocycles. The molecule has 0 radical (unpaired) electrons. The van der Waals surface area contributed by atoms with Gasteiger partial charge in [-0.3, -0.25) is 0 Å². The second kappa shape index (κ2) is 4.17. The van der Waals surface area contributed by atoms with E-state index < -0.39 is 15.8 Å². The van der Waals surface area contributed by atoms with Crippen molar-refractivity contribution >= 4 is 10.2 Å². The lowest BCUT2D eigenvalue weighted by Crippen LogP contribution is -2.65. The minimum atomic E-state index is -3.44. The zero-order valence-electron chi connectivity index (χ0n) is 10.5. The normalized spacial score (nSPS) is 35.5. The molecule has 7 heteroatoms. The second-order valence-electron chi connectivity index (χ2n) is 5.35. The summed E-state index contributed by atoms with van der Waals surface area (Å²) < 4.78 is 32.7. The minimum absolute atomic E-state index is 0.0877. The summed E-state index contributed by atoms with van der Waals surface area (Å²) in [5.74, 6) is 0. The van der Waals surface area contributed by atoms with Crippen LogP contribution in [0.15, 0.2) is 0 Å². The summed E-state index contributed by atoms with van der Waals surface area (Å²) in [7, 11) is -3.44. The largest absolute Gasteiger partial charge is 0.387 e. The van der Waals surface area contributed by atoms with Gasteiger partial charge in [0.25, 0.3) is 10.2 Å². The van der Waals surface area contributed by atoms with Crippen LogP contribution in [0.3, 0.4) is 0 Å². The number of rotatable bonds is 2. The number of hydrogen-bond donors (Lipinski definition) is 1. The maximum absolute atomic E-state index is 12.2. The van der Waals surface area contributed by atoms with E-state index in [0.29, 0.717) is 13.1 Å². The predicted octanol–water partition coefficient (Wildman–Crippen LogP) is -0.593. The van der Waals surface area contributed by atoms with E-state index in [1.165, 1.54) is 8.61 Å². The minimum Gasteiger partial charge on any atom is -0.387 e. The predicted molar refractivity (Wildman–Crippen MR) is 62.7 cm³/mol. The molecule has 100 valence electrons. The molecule has 0 spiro atoms. The average molecular weight is 264 g/mol. The smallest absolute Gasteiger partial charge is 0.282 e. The Balaban J connectivity index is 2.06. The molecule has 0 aromatic carbocycles. The van der Waals surface area contributed by atoms with Crippen LogP contribution in [0, 0.1) is 0 Å². The van der Waals surface area contributed by atoms with Crippen LogP contribution in [0.5, 0.6) is 0 Å². The van der Waals surface area contributed by atoms with Gasteiger partial charge in [0.15, 0.2) is 0 Å². The van der Waals surface area contributed by atoms with E-state index in [0.717, 1.165) is 0 Å². The van der Waals surface area contributed by atoms with Crippen molar-refractivity contribution in [2.45, 2.75) is 38.6 Å². The van der Waals surface area contributed by atoms with Crippen LogP contribution in [-0.2, 0) is 14.9 Å². The van der Waals surface area contributed by atoms with Crippen molar-refractivity contribution in [1.29, 1.82) is 0 Å². The first-order chi connectivity index (χ1) is 7.71. The zero-order valence-corrected chi connectivity index (χ0v) is 11.3. The van der Waals surface area contributed by atoms with Gasteiger partial charge in [0.1, 0.15) is 0 Å². The Morgan fingerprint density at radius 1 is 1.18 bits per heavy atom. The first-order valence-electron chi connectivity index (χ1n) is 5.84. The summed E-state index contributed by atoms with van der Waals surface area (Å²) in [4.78, 5) is 0. The quantitative estimate of drug-likeness (QED) is 0.723. The van der Waals surface area contributed by atoms with E-state index in [1.54, 1.807) is 6.92 Å². The van der Waals surface area contributed by atoms with Gasteiger partial charge in [0.05, 0.1) is 17.8 Å². The van der Waals surface area contributed by atoms with Crippen LogP contribution in [0.2, 0.25) is 0 Å². The van der Waals surface area contributed by atoms with E-state index in [-0.39, 0.29) is 25.3 Å². The van der Waals surface area contributed by atoms with Gasteiger partial charge in [-0.2, -0.15) is 17.0 Å². The van der Waals surface area contributed by atoms with Gasteiger partial charge in [0.2, 0.25) is 0 Å². The van der Waals surface area contributed by atoms with Crippen molar-refractivity contribution in [2.75, 3.05) is 26.2 Å². The number of nitrogens with zero attached hydrogens (tertiary/aromatic N) is 2. The van der Waals surface area contributed by atoms with Gasteiger partial charge in [-0.1, -0.05) is 0 Å². The SMILES string of the molecule is CC1CN(S(=O)(=O)N2CC(C)(O)C2)CC(C)O1. The summed E-state index contributed by atoms with van der Waals surface area (Å²) in [6.45, 7) is 6.49. The third kappa shape index (κ3) is 2.63. The Kier molecular flexibility index (Phi) is 3.24. The number of morpholine rings is 1. The molecule has 2 aliphatic rings. The summed E-state index contributed by atoms with van der Waals surface area (Å²) in [5, 5.41) is 9.60. The second-order valence-corrected chi connectivity index (χ2v) is 7.28. The van der Waals surface area contributed by atoms with Crippen molar-refractivity contribution in [3.63, 3.8) is 0 Å². The van der Waals surface area contributed by atoms with Crippen LogP contribution in [0.25, 0.3) is 0 Å². The van der Waals surface area contributed by atoms with Gasteiger partial charge in [-0.15, -0.1) is 0 Å². The zero-order chi connectivity index (χ0) is 12.8. The van der Waals surface area contributed by atoms with Gasteiger partial charge in [-0.05, 0) is 20.8 Å². The first-order valence-corrected chi connectivity index (χ1v) is 7.23. The Bertz CT molecular complexity index is 377. The van der Waals surface area contributed by atoms with Crippen LogP contribution in [0.1, 0.15) is 20.8 Å². The summed E-state index contributed by atoms with van der Waals surface area (Å²) in [6.07, 6.45) is -0.175. The molecule has 2 rings (SSSR count). The molecule has 2 heterocycles. The molecule has 6 nitrogen and oxygen atoms in total. The first kappa shape index (κ1) is 13.2. The lowest BCUT2D eigenvalue weighted by Gasteiger charge is -2.46. The van der Waals surface area contributed by atoms with Crippen LogP contribution in [0.4, 0.5) is 0 Å². The van der Waals surface area contributed by atoms with E-state index in [9.17, 15) is 13.5 Å². The van der Waals surface area contributed by atoms with Crippen LogP contribution >= 0.6 is 0 Å². The Morgan fingerprint density at radius 2 is 1.65 bits per heavy atom.